The molecular formula is C22H25FN6O4S. The zero-order valence-electron chi connectivity index (χ0n) is 18.5. The van der Waals surface area contributed by atoms with Gasteiger partial charge in [-0.3, -0.25) is 13.7 Å². The van der Waals surface area contributed by atoms with Crippen LogP contribution in [0.2, 0.25) is 0 Å². The number of halogens is 1. The van der Waals surface area contributed by atoms with Gasteiger partial charge in [0.25, 0.3) is 0 Å². The van der Waals surface area contributed by atoms with E-state index in [1.165, 1.54) is 17.2 Å². The molecule has 0 unspecified atom stereocenters. The van der Waals surface area contributed by atoms with E-state index in [1.54, 1.807) is 37.4 Å². The Labute approximate surface area is 196 Å². The number of hydrogen-bond donors (Lipinski definition) is 2. The fourth-order valence-electron chi connectivity index (χ4n) is 4.07. The lowest BCUT2D eigenvalue weighted by Gasteiger charge is -2.15. The topological polar surface area (TPSA) is 142 Å². The quantitative estimate of drug-likeness (QED) is 0.437. The lowest BCUT2D eigenvalue weighted by Crippen LogP contribution is -2.22. The molecule has 1 saturated carbocycles. The Morgan fingerprint density at radius 2 is 2.15 bits per heavy atom. The van der Waals surface area contributed by atoms with Gasteiger partial charge < -0.3 is 5.32 Å². The summed E-state index contributed by atoms with van der Waals surface area (Å²) < 4.78 is 42.5. The van der Waals surface area contributed by atoms with Crippen LogP contribution in [0.5, 0.6) is 0 Å². The Hall–Kier alpha value is -3.22. The molecule has 0 bridgehead atoms. The lowest BCUT2D eigenvalue weighted by molar-refractivity contribution is 0.103. The van der Waals surface area contributed by atoms with Crippen LogP contribution in [-0.2, 0) is 21.0 Å². The standard InChI is InChI=1S/C22H25FN6O4S/c1-14-3-2-4-16(20(14)23)11-29-8-7-19(28-29)21(30)18-10-25-13-26-22(18)27-17-6-5-15(9-17)12-33-34(24,31)32/h2-4,7-8,10,13,15,17H,5-6,9,11-12H2,1H3,(H2,24,31,32)(H,25,26,27)/t15-,17+/m1/s1. The first kappa shape index (κ1) is 23.9. The molecule has 2 atom stereocenters. The average molecular weight is 489 g/mol. The maximum atomic E-state index is 14.3. The molecule has 1 fully saturated rings. The van der Waals surface area contributed by atoms with Crippen molar-refractivity contribution in [1.82, 2.24) is 19.7 Å². The summed E-state index contributed by atoms with van der Waals surface area (Å²) in [6.45, 7) is 1.91. The van der Waals surface area contributed by atoms with Gasteiger partial charge in [-0.15, -0.1) is 0 Å². The molecule has 10 nitrogen and oxygen atoms in total. The van der Waals surface area contributed by atoms with E-state index in [2.05, 4.69) is 20.4 Å². The van der Waals surface area contributed by atoms with Crippen LogP contribution in [0.3, 0.4) is 0 Å². The van der Waals surface area contributed by atoms with E-state index < -0.39 is 10.3 Å². The molecule has 2 aromatic heterocycles. The molecule has 1 aromatic carbocycles. The van der Waals surface area contributed by atoms with Gasteiger partial charge in [-0.05, 0) is 43.7 Å². The summed E-state index contributed by atoms with van der Waals surface area (Å²) in [4.78, 5) is 21.3. The number of aryl methyl sites for hydroxylation is 1. The predicted molar refractivity (Wildman–Crippen MR) is 122 cm³/mol. The van der Waals surface area contributed by atoms with Gasteiger partial charge in [-0.25, -0.2) is 19.5 Å². The highest BCUT2D eigenvalue weighted by atomic mass is 32.2. The number of hydrogen-bond acceptors (Lipinski definition) is 8. The summed E-state index contributed by atoms with van der Waals surface area (Å²) in [6, 6.07) is 6.71. The number of carbonyl (C=O) groups excluding carboxylic acids is 1. The van der Waals surface area contributed by atoms with Crippen LogP contribution < -0.4 is 10.5 Å². The molecule has 12 heteroatoms. The number of aromatic nitrogens is 4. The fourth-order valence-corrected chi connectivity index (χ4v) is 4.45. The molecule has 34 heavy (non-hydrogen) atoms. The van der Waals surface area contributed by atoms with Gasteiger partial charge in [0, 0.05) is 24.0 Å². The van der Waals surface area contributed by atoms with Crippen molar-refractivity contribution in [3.63, 3.8) is 0 Å². The number of benzene rings is 1. The number of ketones is 1. The molecule has 0 saturated heterocycles. The Morgan fingerprint density at radius 1 is 1.32 bits per heavy atom. The molecule has 3 aromatic rings. The molecule has 1 aliphatic rings. The van der Waals surface area contributed by atoms with Crippen LogP contribution in [0.25, 0.3) is 0 Å². The maximum Gasteiger partial charge on any atom is 0.333 e. The average Bonchev–Trinajstić information content (AvgIpc) is 3.45. The second-order valence-electron chi connectivity index (χ2n) is 8.36. The van der Waals surface area contributed by atoms with Crippen molar-refractivity contribution in [3.05, 3.63) is 71.2 Å². The molecule has 0 spiro atoms. The minimum Gasteiger partial charge on any atom is -0.367 e. The number of carbonyl (C=O) groups is 1. The van der Waals surface area contributed by atoms with Crippen molar-refractivity contribution in [2.75, 3.05) is 11.9 Å². The highest BCUT2D eigenvalue weighted by Crippen LogP contribution is 2.29. The van der Waals surface area contributed by atoms with Crippen LogP contribution in [0.4, 0.5) is 10.2 Å². The van der Waals surface area contributed by atoms with E-state index in [-0.39, 0.29) is 48.0 Å². The monoisotopic (exact) mass is 488 g/mol. The van der Waals surface area contributed by atoms with E-state index in [4.69, 9.17) is 9.32 Å². The number of nitrogens with one attached hydrogen (secondary N) is 1. The van der Waals surface area contributed by atoms with Gasteiger partial charge in [-0.2, -0.15) is 13.5 Å². The molecule has 1 aliphatic carbocycles. The lowest BCUT2D eigenvalue weighted by atomic mass is 10.1. The molecule has 180 valence electrons. The second kappa shape index (κ2) is 9.95. The first-order valence-corrected chi connectivity index (χ1v) is 12.2. The van der Waals surface area contributed by atoms with Crippen molar-refractivity contribution in [3.8, 4) is 0 Å². The summed E-state index contributed by atoms with van der Waals surface area (Å²) in [5.41, 5.74) is 1.48. The maximum absolute atomic E-state index is 14.3. The molecule has 4 rings (SSSR count). The molecular weight excluding hydrogens is 463 g/mol. The highest BCUT2D eigenvalue weighted by molar-refractivity contribution is 7.84. The largest absolute Gasteiger partial charge is 0.367 e. The second-order valence-corrected chi connectivity index (χ2v) is 9.58. The molecule has 0 radical (unpaired) electrons. The first-order chi connectivity index (χ1) is 16.2. The van der Waals surface area contributed by atoms with Crippen molar-refractivity contribution in [1.29, 1.82) is 0 Å². The van der Waals surface area contributed by atoms with Crippen LogP contribution in [-0.4, -0.2) is 46.6 Å². The van der Waals surface area contributed by atoms with Crippen molar-refractivity contribution in [2.45, 2.75) is 38.8 Å². The van der Waals surface area contributed by atoms with Crippen LogP contribution >= 0.6 is 0 Å². The molecule has 3 N–H and O–H groups in total. The predicted octanol–water partition coefficient (Wildman–Crippen LogP) is 2.20. The van der Waals surface area contributed by atoms with E-state index in [0.717, 1.165) is 12.8 Å². The minimum atomic E-state index is -3.97. The third-order valence-corrected chi connectivity index (χ3v) is 6.25. The Kier molecular flexibility index (Phi) is 7.00. The van der Waals surface area contributed by atoms with E-state index in [0.29, 0.717) is 23.4 Å². The summed E-state index contributed by atoms with van der Waals surface area (Å²) >= 11 is 0. The van der Waals surface area contributed by atoms with Crippen molar-refractivity contribution < 1.29 is 21.8 Å². The fraction of sp³-hybridized carbons (Fsp3) is 0.364. The molecule has 2 heterocycles. The third kappa shape index (κ3) is 5.82. The number of nitrogens with zero attached hydrogens (tertiary/aromatic N) is 4. The summed E-state index contributed by atoms with van der Waals surface area (Å²) in [6.07, 6.45) is 6.54. The van der Waals surface area contributed by atoms with E-state index >= 15 is 0 Å². The number of rotatable bonds is 9. The van der Waals surface area contributed by atoms with E-state index in [9.17, 15) is 17.6 Å². The van der Waals surface area contributed by atoms with Crippen molar-refractivity contribution in [2.24, 2.45) is 11.1 Å². The third-order valence-electron chi connectivity index (χ3n) is 5.78. The highest BCUT2D eigenvalue weighted by Gasteiger charge is 2.28. The number of nitrogens with two attached hydrogens (primary N) is 1. The Bertz CT molecular complexity index is 1300. The minimum absolute atomic E-state index is 0.0163. The molecule has 0 amide bonds. The zero-order chi connectivity index (χ0) is 24.3. The summed E-state index contributed by atoms with van der Waals surface area (Å²) in [5.74, 6) is -0.261. The smallest absolute Gasteiger partial charge is 0.333 e. The Balaban J connectivity index is 1.44. The SMILES string of the molecule is Cc1cccc(Cn2ccc(C(=O)c3cncnc3N[C@H]3CC[C@@H](COS(N)(=O)=O)C3)n2)c1F. The van der Waals surface area contributed by atoms with Gasteiger partial charge in [0.05, 0.1) is 18.7 Å². The van der Waals surface area contributed by atoms with Gasteiger partial charge >= 0.3 is 10.3 Å². The van der Waals surface area contributed by atoms with Gasteiger partial charge in [-0.1, -0.05) is 18.2 Å². The van der Waals surface area contributed by atoms with Crippen molar-refractivity contribution >= 4 is 21.9 Å². The number of anilines is 1. The summed E-state index contributed by atoms with van der Waals surface area (Å²) in [7, 11) is -3.97. The Morgan fingerprint density at radius 3 is 2.94 bits per heavy atom. The van der Waals surface area contributed by atoms with Gasteiger partial charge in [0.1, 0.15) is 23.7 Å². The normalized spacial score (nSPS) is 18.2. The first-order valence-electron chi connectivity index (χ1n) is 10.8. The summed E-state index contributed by atoms with van der Waals surface area (Å²) in [5, 5.41) is 12.5. The van der Waals surface area contributed by atoms with Crippen LogP contribution in [0, 0.1) is 18.7 Å². The van der Waals surface area contributed by atoms with E-state index in [1.807, 2.05) is 0 Å². The zero-order valence-corrected chi connectivity index (χ0v) is 19.3. The van der Waals surface area contributed by atoms with Crippen LogP contribution in [0.15, 0.2) is 43.0 Å². The molecule has 0 aliphatic heterocycles. The van der Waals surface area contributed by atoms with Gasteiger partial charge in [0.15, 0.2) is 0 Å². The van der Waals surface area contributed by atoms with Gasteiger partial charge in [0.2, 0.25) is 5.78 Å². The van der Waals surface area contributed by atoms with Crippen LogP contribution in [0.1, 0.15) is 46.4 Å².